The van der Waals surface area contributed by atoms with Gasteiger partial charge in [-0.15, -0.1) is 0 Å². The number of nitrogens with one attached hydrogen (secondary N) is 1. The summed E-state index contributed by atoms with van der Waals surface area (Å²) in [7, 11) is 1.62. The first-order valence-electron chi connectivity index (χ1n) is 12.4. The summed E-state index contributed by atoms with van der Waals surface area (Å²) in [5.41, 5.74) is 4.34. The molecule has 1 saturated heterocycles. The number of anilines is 1. The lowest BCUT2D eigenvalue weighted by Crippen LogP contribution is -2.35. The van der Waals surface area contributed by atoms with Crippen LogP contribution in [-0.4, -0.2) is 54.2 Å². The number of benzene rings is 2. The van der Waals surface area contributed by atoms with Crippen LogP contribution in [0.2, 0.25) is 0 Å². The molecule has 1 aliphatic heterocycles. The molecule has 9 heteroatoms. The summed E-state index contributed by atoms with van der Waals surface area (Å²) in [4.78, 5) is 25.8. The number of thiazole rings is 1. The van der Waals surface area contributed by atoms with Gasteiger partial charge in [0.1, 0.15) is 26.9 Å². The van der Waals surface area contributed by atoms with Crippen LogP contribution < -0.4 is 10.1 Å². The minimum atomic E-state index is -0.329. The molecule has 38 heavy (non-hydrogen) atoms. The van der Waals surface area contributed by atoms with Gasteiger partial charge >= 0.3 is 0 Å². The van der Waals surface area contributed by atoms with Crippen LogP contribution >= 0.6 is 11.3 Å². The molecule has 3 aromatic heterocycles. The molecule has 0 atom stereocenters. The van der Waals surface area contributed by atoms with Gasteiger partial charge in [0.05, 0.1) is 26.0 Å². The molecule has 2 aromatic carbocycles. The van der Waals surface area contributed by atoms with E-state index in [1.54, 1.807) is 19.2 Å². The van der Waals surface area contributed by atoms with Crippen molar-refractivity contribution >= 4 is 33.3 Å². The number of nitrogens with zero attached hydrogens (tertiary/aromatic N) is 3. The lowest BCUT2D eigenvalue weighted by Gasteiger charge is -2.26. The first-order valence-corrected chi connectivity index (χ1v) is 13.2. The van der Waals surface area contributed by atoms with E-state index in [-0.39, 0.29) is 11.7 Å². The van der Waals surface area contributed by atoms with Crippen molar-refractivity contribution in [1.29, 1.82) is 0 Å². The van der Waals surface area contributed by atoms with E-state index < -0.39 is 0 Å². The zero-order chi connectivity index (χ0) is 25.9. The van der Waals surface area contributed by atoms with Crippen molar-refractivity contribution in [2.24, 2.45) is 0 Å². The average Bonchev–Trinajstić information content (AvgIpc) is 3.62. The number of rotatable bonds is 7. The third kappa shape index (κ3) is 5.17. The van der Waals surface area contributed by atoms with Crippen LogP contribution in [0, 0.1) is 0 Å². The number of fused-ring (bicyclic) bond motifs is 1. The molecule has 1 N–H and O–H groups in total. The van der Waals surface area contributed by atoms with Crippen LogP contribution in [0.4, 0.5) is 5.69 Å². The molecule has 0 radical (unpaired) electrons. The molecule has 8 nitrogen and oxygen atoms in total. The SMILES string of the molecule is COc1ccc(-c2ccc(C(=O)Nc3ccccc3-c3nc4cc(CN5CCOCC5)cnc4s3)o2)cc1. The van der Waals surface area contributed by atoms with Crippen molar-refractivity contribution in [2.45, 2.75) is 6.54 Å². The Hall–Kier alpha value is -4.05. The molecule has 0 unspecified atom stereocenters. The smallest absolute Gasteiger partial charge is 0.291 e. The highest BCUT2D eigenvalue weighted by Gasteiger charge is 2.18. The van der Waals surface area contributed by atoms with Crippen molar-refractivity contribution in [3.63, 3.8) is 0 Å². The zero-order valence-corrected chi connectivity index (χ0v) is 21.7. The summed E-state index contributed by atoms with van der Waals surface area (Å²) in [6.45, 7) is 4.20. The maximum absolute atomic E-state index is 13.1. The Morgan fingerprint density at radius 3 is 2.71 bits per heavy atom. The van der Waals surface area contributed by atoms with Crippen LogP contribution in [0.1, 0.15) is 16.1 Å². The fraction of sp³-hybridized carbons (Fsp3) is 0.207. The quantitative estimate of drug-likeness (QED) is 0.290. The van der Waals surface area contributed by atoms with E-state index >= 15 is 0 Å². The summed E-state index contributed by atoms with van der Waals surface area (Å²) in [5, 5.41) is 3.79. The van der Waals surface area contributed by atoms with Gasteiger partial charge in [0.25, 0.3) is 5.91 Å². The molecule has 0 spiro atoms. The van der Waals surface area contributed by atoms with Crippen LogP contribution in [0.3, 0.4) is 0 Å². The number of hydrogen-bond acceptors (Lipinski definition) is 8. The molecule has 4 heterocycles. The Labute approximate surface area is 223 Å². The highest BCUT2D eigenvalue weighted by atomic mass is 32.1. The van der Waals surface area contributed by atoms with E-state index in [0.29, 0.717) is 11.4 Å². The van der Waals surface area contributed by atoms with Gasteiger partial charge in [0, 0.05) is 37.0 Å². The Balaban J connectivity index is 1.21. The number of morpholine rings is 1. The number of methoxy groups -OCH3 is 1. The third-order valence-corrected chi connectivity index (χ3v) is 7.44. The van der Waals surface area contributed by atoms with Gasteiger partial charge in [-0.3, -0.25) is 9.69 Å². The zero-order valence-electron chi connectivity index (χ0n) is 20.8. The van der Waals surface area contributed by atoms with E-state index in [1.165, 1.54) is 11.3 Å². The summed E-state index contributed by atoms with van der Waals surface area (Å²) in [5.74, 6) is 1.26. The average molecular weight is 527 g/mol. The Bertz CT molecular complexity index is 1570. The van der Waals surface area contributed by atoms with Gasteiger partial charge < -0.3 is 19.2 Å². The first kappa shape index (κ1) is 24.3. The minimum Gasteiger partial charge on any atom is -0.497 e. The predicted octanol–water partition coefficient (Wildman–Crippen LogP) is 5.71. The second-order valence-electron chi connectivity index (χ2n) is 8.97. The number of carbonyl (C=O) groups excluding carboxylic acids is 1. The van der Waals surface area contributed by atoms with Crippen LogP contribution in [0.25, 0.3) is 32.2 Å². The maximum atomic E-state index is 13.1. The number of hydrogen-bond donors (Lipinski definition) is 1. The first-order chi connectivity index (χ1) is 18.7. The van der Waals surface area contributed by atoms with E-state index in [2.05, 4.69) is 21.3 Å². The van der Waals surface area contributed by atoms with Crippen molar-refractivity contribution in [3.05, 3.63) is 84.3 Å². The molecule has 192 valence electrons. The van der Waals surface area contributed by atoms with Gasteiger partial charge in [0.15, 0.2) is 5.76 Å². The lowest BCUT2D eigenvalue weighted by molar-refractivity contribution is 0.0341. The number of amides is 1. The summed E-state index contributed by atoms with van der Waals surface area (Å²) >= 11 is 1.51. The highest BCUT2D eigenvalue weighted by molar-refractivity contribution is 7.21. The van der Waals surface area contributed by atoms with E-state index in [4.69, 9.17) is 18.9 Å². The number of furan rings is 1. The standard InChI is InChI=1S/C29H26N4O4S/c1-35-21-8-6-20(7-9-21)25-10-11-26(37-25)27(34)31-23-5-3-2-4-22(23)28-32-24-16-19(17-30-29(24)38-28)18-33-12-14-36-15-13-33/h2-11,16-17H,12-15,18H2,1H3,(H,31,34). The minimum absolute atomic E-state index is 0.226. The Morgan fingerprint density at radius 2 is 1.89 bits per heavy atom. The van der Waals surface area contributed by atoms with Gasteiger partial charge in [-0.05, 0) is 60.2 Å². The fourth-order valence-electron chi connectivity index (χ4n) is 4.42. The molecule has 1 aliphatic rings. The van der Waals surface area contributed by atoms with Gasteiger partial charge in [-0.2, -0.15) is 0 Å². The van der Waals surface area contributed by atoms with Crippen molar-refractivity contribution < 1.29 is 18.7 Å². The van der Waals surface area contributed by atoms with Gasteiger partial charge in [-0.25, -0.2) is 9.97 Å². The van der Waals surface area contributed by atoms with Gasteiger partial charge in [0.2, 0.25) is 0 Å². The molecule has 6 rings (SSSR count). The Kier molecular flexibility index (Phi) is 6.87. The maximum Gasteiger partial charge on any atom is 0.291 e. The van der Waals surface area contributed by atoms with Crippen LogP contribution in [-0.2, 0) is 11.3 Å². The summed E-state index contributed by atoms with van der Waals surface area (Å²) in [6.07, 6.45) is 1.92. The Morgan fingerprint density at radius 1 is 1.08 bits per heavy atom. The monoisotopic (exact) mass is 526 g/mol. The molecule has 0 saturated carbocycles. The number of aromatic nitrogens is 2. The van der Waals surface area contributed by atoms with E-state index in [1.807, 2.05) is 54.7 Å². The van der Waals surface area contributed by atoms with E-state index in [9.17, 15) is 4.79 Å². The third-order valence-electron chi connectivity index (χ3n) is 6.42. The largest absolute Gasteiger partial charge is 0.497 e. The molecular formula is C29H26N4O4S. The number of ether oxygens (including phenoxy) is 2. The van der Waals surface area contributed by atoms with Crippen molar-refractivity contribution in [1.82, 2.24) is 14.9 Å². The molecule has 1 fully saturated rings. The second kappa shape index (κ2) is 10.7. The topological polar surface area (TPSA) is 89.7 Å². The fourth-order valence-corrected chi connectivity index (χ4v) is 5.35. The number of pyridine rings is 1. The van der Waals surface area contributed by atoms with Crippen molar-refractivity contribution in [3.8, 4) is 27.6 Å². The molecule has 0 bridgehead atoms. The molecule has 1 amide bonds. The summed E-state index contributed by atoms with van der Waals surface area (Å²) < 4.78 is 16.5. The van der Waals surface area contributed by atoms with Gasteiger partial charge in [-0.1, -0.05) is 23.5 Å². The molecule has 0 aliphatic carbocycles. The second-order valence-corrected chi connectivity index (χ2v) is 9.95. The highest BCUT2D eigenvalue weighted by Crippen LogP contribution is 2.34. The molecule has 5 aromatic rings. The van der Waals surface area contributed by atoms with Crippen LogP contribution in [0.15, 0.2) is 77.3 Å². The number of carbonyl (C=O) groups is 1. The van der Waals surface area contributed by atoms with Crippen molar-refractivity contribution in [2.75, 3.05) is 38.7 Å². The summed E-state index contributed by atoms with van der Waals surface area (Å²) in [6, 6.07) is 20.7. The van der Waals surface area contributed by atoms with Crippen LogP contribution in [0.5, 0.6) is 5.75 Å². The van der Waals surface area contributed by atoms with E-state index in [0.717, 1.165) is 70.6 Å². The normalized spacial score (nSPS) is 14.0. The lowest BCUT2D eigenvalue weighted by atomic mass is 10.1. The predicted molar refractivity (Wildman–Crippen MR) is 148 cm³/mol. The molecular weight excluding hydrogens is 500 g/mol. The number of para-hydroxylation sites is 1.